The van der Waals surface area contributed by atoms with Gasteiger partial charge < -0.3 is 0 Å². The number of rotatable bonds is 4. The lowest BCUT2D eigenvalue weighted by atomic mass is 9.94. The quantitative estimate of drug-likeness (QED) is 0.628. The van der Waals surface area contributed by atoms with Crippen LogP contribution in [-0.2, 0) is 6.54 Å². The zero-order valence-electron chi connectivity index (χ0n) is 13.9. The van der Waals surface area contributed by atoms with E-state index in [1.807, 2.05) is 0 Å². The third kappa shape index (κ3) is 3.42. The molecule has 1 heteroatoms. The Bertz CT molecular complexity index is 779. The monoisotopic (exact) mass is 313 g/mol. The molecule has 1 aliphatic rings. The van der Waals surface area contributed by atoms with E-state index in [1.165, 1.54) is 35.2 Å². The summed E-state index contributed by atoms with van der Waals surface area (Å²) in [6.07, 6.45) is 1.26. The van der Waals surface area contributed by atoms with E-state index < -0.39 is 0 Å². The van der Waals surface area contributed by atoms with E-state index >= 15 is 0 Å². The van der Waals surface area contributed by atoms with E-state index in [0.29, 0.717) is 5.92 Å². The summed E-state index contributed by atoms with van der Waals surface area (Å²) in [5.74, 6) is 0.650. The van der Waals surface area contributed by atoms with Crippen LogP contribution in [0.15, 0.2) is 84.9 Å². The van der Waals surface area contributed by atoms with Crippen molar-refractivity contribution in [2.75, 3.05) is 13.1 Å². The number of hydrogen-bond donors (Lipinski definition) is 0. The zero-order chi connectivity index (χ0) is 16.2. The summed E-state index contributed by atoms with van der Waals surface area (Å²) in [5.41, 5.74) is 5.52. The van der Waals surface area contributed by atoms with Crippen molar-refractivity contribution in [3.05, 3.63) is 96.1 Å². The fourth-order valence-electron chi connectivity index (χ4n) is 3.69. The van der Waals surface area contributed by atoms with Gasteiger partial charge in [0.1, 0.15) is 0 Å². The Kier molecular flexibility index (Phi) is 4.44. The highest BCUT2D eigenvalue weighted by Gasteiger charge is 2.23. The van der Waals surface area contributed by atoms with Gasteiger partial charge in [-0.15, -0.1) is 0 Å². The third-order valence-corrected chi connectivity index (χ3v) is 4.99. The van der Waals surface area contributed by atoms with Gasteiger partial charge in [0, 0.05) is 13.1 Å². The van der Waals surface area contributed by atoms with Crippen molar-refractivity contribution in [2.24, 2.45) is 0 Å². The first-order valence-corrected chi connectivity index (χ1v) is 8.80. The molecule has 0 bridgehead atoms. The van der Waals surface area contributed by atoms with Crippen molar-refractivity contribution in [1.82, 2.24) is 4.90 Å². The van der Waals surface area contributed by atoms with Gasteiger partial charge >= 0.3 is 0 Å². The maximum absolute atomic E-state index is 2.58. The summed E-state index contributed by atoms with van der Waals surface area (Å²) < 4.78 is 0. The molecule has 0 unspecified atom stereocenters. The van der Waals surface area contributed by atoms with Crippen molar-refractivity contribution in [2.45, 2.75) is 18.9 Å². The first-order chi connectivity index (χ1) is 11.9. The van der Waals surface area contributed by atoms with E-state index in [4.69, 9.17) is 0 Å². The zero-order valence-corrected chi connectivity index (χ0v) is 13.9. The smallest absolute Gasteiger partial charge is 0.0233 e. The standard InChI is InChI=1S/C23H23N/c1-3-8-19(9-4-1)17-24-15-14-23(18-24)22-13-7-12-21(16-22)20-10-5-2-6-11-20/h1-13,16,23H,14-15,17-18H2/t23-/m1/s1. The molecular weight excluding hydrogens is 290 g/mol. The van der Waals surface area contributed by atoms with Crippen LogP contribution < -0.4 is 0 Å². The second-order valence-corrected chi connectivity index (χ2v) is 6.70. The largest absolute Gasteiger partial charge is 0.298 e. The maximum Gasteiger partial charge on any atom is 0.0233 e. The minimum Gasteiger partial charge on any atom is -0.298 e. The lowest BCUT2D eigenvalue weighted by Gasteiger charge is -2.16. The summed E-state index contributed by atoms with van der Waals surface area (Å²) in [6.45, 7) is 3.41. The second-order valence-electron chi connectivity index (χ2n) is 6.70. The molecule has 0 saturated carbocycles. The predicted octanol–water partition coefficient (Wildman–Crippen LogP) is 5.34. The van der Waals surface area contributed by atoms with Gasteiger partial charge in [0.2, 0.25) is 0 Å². The fraction of sp³-hybridized carbons (Fsp3) is 0.217. The Morgan fingerprint density at radius 3 is 2.25 bits per heavy atom. The van der Waals surface area contributed by atoms with Crippen LogP contribution in [0.1, 0.15) is 23.5 Å². The predicted molar refractivity (Wildman–Crippen MR) is 101 cm³/mol. The topological polar surface area (TPSA) is 3.24 Å². The van der Waals surface area contributed by atoms with Crippen LogP contribution in [0, 0.1) is 0 Å². The molecule has 0 N–H and O–H groups in total. The molecule has 0 aliphatic carbocycles. The minimum absolute atomic E-state index is 0.650. The third-order valence-electron chi connectivity index (χ3n) is 4.99. The van der Waals surface area contributed by atoms with Crippen molar-refractivity contribution in [3.8, 4) is 11.1 Å². The van der Waals surface area contributed by atoms with Crippen molar-refractivity contribution in [1.29, 1.82) is 0 Å². The lowest BCUT2D eigenvalue weighted by molar-refractivity contribution is 0.327. The Labute approximate surface area is 144 Å². The van der Waals surface area contributed by atoms with E-state index in [9.17, 15) is 0 Å². The first-order valence-electron chi connectivity index (χ1n) is 8.80. The van der Waals surface area contributed by atoms with Gasteiger partial charge in [-0.25, -0.2) is 0 Å². The molecule has 24 heavy (non-hydrogen) atoms. The van der Waals surface area contributed by atoms with Crippen molar-refractivity contribution >= 4 is 0 Å². The van der Waals surface area contributed by atoms with E-state index in [1.54, 1.807) is 0 Å². The van der Waals surface area contributed by atoms with Crippen LogP contribution in [0.25, 0.3) is 11.1 Å². The van der Waals surface area contributed by atoms with Gasteiger partial charge in [-0.3, -0.25) is 4.90 Å². The first kappa shape index (κ1) is 15.2. The Balaban J connectivity index is 1.47. The summed E-state index contributed by atoms with van der Waals surface area (Å²) in [4.78, 5) is 2.58. The Morgan fingerprint density at radius 1 is 0.750 bits per heavy atom. The molecule has 1 fully saturated rings. The number of benzene rings is 3. The van der Waals surface area contributed by atoms with Gasteiger partial charge in [0.15, 0.2) is 0 Å². The molecule has 1 nitrogen and oxygen atoms in total. The van der Waals surface area contributed by atoms with Crippen LogP contribution in [0.2, 0.25) is 0 Å². The van der Waals surface area contributed by atoms with Crippen molar-refractivity contribution < 1.29 is 0 Å². The van der Waals surface area contributed by atoms with Crippen LogP contribution in [0.5, 0.6) is 0 Å². The van der Waals surface area contributed by atoms with Crippen LogP contribution in [0.4, 0.5) is 0 Å². The molecule has 1 atom stereocenters. The fourth-order valence-corrected chi connectivity index (χ4v) is 3.69. The van der Waals surface area contributed by atoms with Gasteiger partial charge in [-0.05, 0) is 41.1 Å². The van der Waals surface area contributed by atoms with Crippen molar-refractivity contribution in [3.63, 3.8) is 0 Å². The number of likely N-dealkylation sites (tertiary alicyclic amines) is 1. The summed E-state index contributed by atoms with van der Waals surface area (Å²) in [6, 6.07) is 30.6. The van der Waals surface area contributed by atoms with E-state index in [2.05, 4.69) is 89.8 Å². The molecule has 1 saturated heterocycles. The van der Waals surface area contributed by atoms with E-state index in [0.717, 1.165) is 13.1 Å². The highest BCUT2D eigenvalue weighted by atomic mass is 15.1. The molecule has 4 rings (SSSR count). The Hall–Kier alpha value is -2.38. The van der Waals surface area contributed by atoms with Gasteiger partial charge in [0.25, 0.3) is 0 Å². The summed E-state index contributed by atoms with van der Waals surface area (Å²) in [7, 11) is 0. The second kappa shape index (κ2) is 7.02. The van der Waals surface area contributed by atoms with Gasteiger partial charge in [0.05, 0.1) is 0 Å². The van der Waals surface area contributed by atoms with Gasteiger partial charge in [-0.1, -0.05) is 84.9 Å². The van der Waals surface area contributed by atoms with Crippen LogP contribution in [-0.4, -0.2) is 18.0 Å². The normalized spacial score (nSPS) is 17.9. The molecule has 3 aromatic carbocycles. The molecule has 0 aromatic heterocycles. The van der Waals surface area contributed by atoms with Crippen LogP contribution in [0.3, 0.4) is 0 Å². The number of nitrogens with zero attached hydrogens (tertiary/aromatic N) is 1. The average Bonchev–Trinajstić information content (AvgIpc) is 3.12. The Morgan fingerprint density at radius 2 is 1.46 bits per heavy atom. The lowest BCUT2D eigenvalue weighted by Crippen LogP contribution is -2.19. The van der Waals surface area contributed by atoms with Gasteiger partial charge in [-0.2, -0.15) is 0 Å². The summed E-state index contributed by atoms with van der Waals surface area (Å²) in [5, 5.41) is 0. The summed E-state index contributed by atoms with van der Waals surface area (Å²) >= 11 is 0. The average molecular weight is 313 g/mol. The SMILES string of the molecule is c1ccc(CN2CC[C@@H](c3cccc(-c4ccccc4)c3)C2)cc1. The van der Waals surface area contributed by atoms with Crippen LogP contribution >= 0.6 is 0 Å². The molecule has 1 heterocycles. The highest BCUT2D eigenvalue weighted by Crippen LogP contribution is 2.31. The molecule has 0 spiro atoms. The molecule has 1 aliphatic heterocycles. The molecule has 120 valence electrons. The minimum atomic E-state index is 0.650. The molecule has 0 amide bonds. The van der Waals surface area contributed by atoms with E-state index in [-0.39, 0.29) is 0 Å². The highest BCUT2D eigenvalue weighted by molar-refractivity contribution is 5.64. The molecular formula is C23H23N. The maximum atomic E-state index is 2.58. The number of hydrogen-bond acceptors (Lipinski definition) is 1. The molecule has 0 radical (unpaired) electrons. The molecule has 3 aromatic rings.